The maximum absolute atomic E-state index is 11.9. The van der Waals surface area contributed by atoms with Gasteiger partial charge in [-0.3, -0.25) is 4.79 Å². The highest BCUT2D eigenvalue weighted by molar-refractivity contribution is 5.95. The summed E-state index contributed by atoms with van der Waals surface area (Å²) in [5.41, 5.74) is 1.76. The van der Waals surface area contributed by atoms with Gasteiger partial charge in [0.15, 0.2) is 11.5 Å². The SMILES string of the molecule is CNC(=O)c1ccccc1CCC1COc2ccccc2O1. The number of rotatable bonds is 4. The van der Waals surface area contributed by atoms with Crippen LogP contribution in [0.3, 0.4) is 0 Å². The molecule has 0 aromatic heterocycles. The second-order valence-electron chi connectivity index (χ2n) is 5.27. The Morgan fingerprint density at radius 2 is 1.86 bits per heavy atom. The van der Waals surface area contributed by atoms with Crippen LogP contribution in [0.2, 0.25) is 0 Å². The number of ether oxygens (including phenoxy) is 2. The van der Waals surface area contributed by atoms with E-state index < -0.39 is 0 Å². The van der Waals surface area contributed by atoms with Crippen LogP contribution in [0.15, 0.2) is 48.5 Å². The van der Waals surface area contributed by atoms with E-state index in [0.29, 0.717) is 6.61 Å². The lowest BCUT2D eigenvalue weighted by molar-refractivity contribution is 0.0849. The van der Waals surface area contributed by atoms with E-state index in [9.17, 15) is 4.79 Å². The smallest absolute Gasteiger partial charge is 0.251 e. The molecule has 2 aromatic carbocycles. The van der Waals surface area contributed by atoms with E-state index in [-0.39, 0.29) is 12.0 Å². The summed E-state index contributed by atoms with van der Waals surface area (Å²) in [6.45, 7) is 0.541. The van der Waals surface area contributed by atoms with Crippen molar-refractivity contribution in [3.8, 4) is 11.5 Å². The Morgan fingerprint density at radius 1 is 1.14 bits per heavy atom. The zero-order chi connectivity index (χ0) is 15.4. The van der Waals surface area contributed by atoms with Gasteiger partial charge in [-0.05, 0) is 36.6 Å². The first-order valence-corrected chi connectivity index (χ1v) is 7.46. The number of hydrogen-bond donors (Lipinski definition) is 1. The number of benzene rings is 2. The number of para-hydroxylation sites is 2. The zero-order valence-corrected chi connectivity index (χ0v) is 12.5. The lowest BCUT2D eigenvalue weighted by atomic mass is 10.0. The van der Waals surface area contributed by atoms with Gasteiger partial charge in [0.1, 0.15) is 12.7 Å². The van der Waals surface area contributed by atoms with Gasteiger partial charge in [-0.2, -0.15) is 0 Å². The van der Waals surface area contributed by atoms with E-state index in [1.807, 2.05) is 48.5 Å². The predicted octanol–water partition coefficient (Wildman–Crippen LogP) is 2.82. The largest absolute Gasteiger partial charge is 0.486 e. The van der Waals surface area contributed by atoms with Crippen LogP contribution in [0.4, 0.5) is 0 Å². The van der Waals surface area contributed by atoms with Crippen LogP contribution in [0.25, 0.3) is 0 Å². The van der Waals surface area contributed by atoms with Gasteiger partial charge in [-0.15, -0.1) is 0 Å². The summed E-state index contributed by atoms with van der Waals surface area (Å²) in [5, 5.41) is 2.68. The van der Waals surface area contributed by atoms with E-state index in [2.05, 4.69) is 5.32 Å². The molecule has 1 N–H and O–H groups in total. The molecule has 0 saturated carbocycles. The van der Waals surface area contributed by atoms with Gasteiger partial charge < -0.3 is 14.8 Å². The third-order valence-electron chi connectivity index (χ3n) is 3.79. The van der Waals surface area contributed by atoms with Crippen LogP contribution in [0, 0.1) is 0 Å². The molecule has 114 valence electrons. The fraction of sp³-hybridized carbons (Fsp3) is 0.278. The summed E-state index contributed by atoms with van der Waals surface area (Å²) in [6.07, 6.45) is 1.59. The lowest BCUT2D eigenvalue weighted by Gasteiger charge is -2.26. The van der Waals surface area contributed by atoms with Crippen LogP contribution in [0.5, 0.6) is 11.5 Å². The number of hydrogen-bond acceptors (Lipinski definition) is 3. The minimum Gasteiger partial charge on any atom is -0.486 e. The first-order chi connectivity index (χ1) is 10.8. The molecule has 0 fully saturated rings. The van der Waals surface area contributed by atoms with Crippen LogP contribution >= 0.6 is 0 Å². The second kappa shape index (κ2) is 6.52. The molecule has 0 saturated heterocycles. The summed E-state index contributed by atoms with van der Waals surface area (Å²) >= 11 is 0. The lowest BCUT2D eigenvalue weighted by Crippen LogP contribution is -2.29. The number of fused-ring (bicyclic) bond motifs is 1. The van der Waals surface area contributed by atoms with E-state index in [4.69, 9.17) is 9.47 Å². The summed E-state index contributed by atoms with van der Waals surface area (Å²) in [6, 6.07) is 15.4. The average molecular weight is 297 g/mol. The molecule has 1 atom stereocenters. The summed E-state index contributed by atoms with van der Waals surface area (Å²) in [4.78, 5) is 11.9. The highest BCUT2D eigenvalue weighted by Crippen LogP contribution is 2.31. The third kappa shape index (κ3) is 3.06. The molecule has 0 bridgehead atoms. The summed E-state index contributed by atoms with van der Waals surface area (Å²) < 4.78 is 11.7. The molecule has 4 heteroatoms. The highest BCUT2D eigenvalue weighted by Gasteiger charge is 2.21. The molecule has 2 aromatic rings. The molecular weight excluding hydrogens is 278 g/mol. The van der Waals surface area contributed by atoms with Crippen LogP contribution in [-0.2, 0) is 6.42 Å². The van der Waals surface area contributed by atoms with Gasteiger partial charge in [0, 0.05) is 12.6 Å². The van der Waals surface area contributed by atoms with Crippen molar-refractivity contribution in [2.75, 3.05) is 13.7 Å². The average Bonchev–Trinajstić information content (AvgIpc) is 2.59. The molecule has 1 amide bonds. The Labute approximate surface area is 130 Å². The summed E-state index contributed by atoms with van der Waals surface area (Å²) in [5.74, 6) is 1.53. The van der Waals surface area contributed by atoms with Gasteiger partial charge >= 0.3 is 0 Å². The first-order valence-electron chi connectivity index (χ1n) is 7.46. The number of nitrogens with one attached hydrogen (secondary N) is 1. The molecule has 0 spiro atoms. The molecule has 22 heavy (non-hydrogen) atoms. The van der Waals surface area contributed by atoms with Gasteiger partial charge in [0.25, 0.3) is 5.91 Å². The first kappa shape index (κ1) is 14.4. The van der Waals surface area contributed by atoms with Crippen molar-refractivity contribution < 1.29 is 14.3 Å². The fourth-order valence-corrected chi connectivity index (χ4v) is 2.62. The van der Waals surface area contributed by atoms with Crippen molar-refractivity contribution in [2.24, 2.45) is 0 Å². The van der Waals surface area contributed by atoms with Crippen molar-refractivity contribution >= 4 is 5.91 Å². The molecule has 3 rings (SSSR count). The van der Waals surface area contributed by atoms with Crippen LogP contribution in [0.1, 0.15) is 22.3 Å². The number of amides is 1. The van der Waals surface area contributed by atoms with Crippen molar-refractivity contribution in [3.63, 3.8) is 0 Å². The molecule has 1 aliphatic heterocycles. The molecule has 1 aliphatic rings. The quantitative estimate of drug-likeness (QED) is 0.944. The van der Waals surface area contributed by atoms with E-state index >= 15 is 0 Å². The molecule has 1 unspecified atom stereocenters. The summed E-state index contributed by atoms with van der Waals surface area (Å²) in [7, 11) is 1.65. The number of aryl methyl sites for hydroxylation is 1. The van der Waals surface area contributed by atoms with E-state index in [0.717, 1.165) is 35.5 Å². The molecule has 4 nitrogen and oxygen atoms in total. The number of carbonyl (C=O) groups excluding carboxylic acids is 1. The highest BCUT2D eigenvalue weighted by atomic mass is 16.6. The normalized spacial score (nSPS) is 16.1. The monoisotopic (exact) mass is 297 g/mol. The van der Waals surface area contributed by atoms with Gasteiger partial charge in [-0.25, -0.2) is 0 Å². The van der Waals surface area contributed by atoms with Gasteiger partial charge in [-0.1, -0.05) is 30.3 Å². The Bertz CT molecular complexity index is 669. The Morgan fingerprint density at radius 3 is 2.68 bits per heavy atom. The Kier molecular flexibility index (Phi) is 4.28. The van der Waals surface area contributed by atoms with Gasteiger partial charge in [0.05, 0.1) is 0 Å². The molecule has 0 aliphatic carbocycles. The van der Waals surface area contributed by atoms with Crippen molar-refractivity contribution in [1.82, 2.24) is 5.32 Å². The predicted molar refractivity (Wildman–Crippen MR) is 84.5 cm³/mol. The van der Waals surface area contributed by atoms with Crippen molar-refractivity contribution in [2.45, 2.75) is 18.9 Å². The Balaban J connectivity index is 1.66. The maximum Gasteiger partial charge on any atom is 0.251 e. The minimum atomic E-state index is -0.0539. The topological polar surface area (TPSA) is 47.6 Å². The maximum atomic E-state index is 11.9. The van der Waals surface area contributed by atoms with Crippen LogP contribution in [-0.4, -0.2) is 25.7 Å². The zero-order valence-electron chi connectivity index (χ0n) is 12.5. The fourth-order valence-electron chi connectivity index (χ4n) is 2.62. The van der Waals surface area contributed by atoms with Crippen molar-refractivity contribution in [1.29, 1.82) is 0 Å². The molecular formula is C18H19NO3. The van der Waals surface area contributed by atoms with Gasteiger partial charge in [0.2, 0.25) is 0 Å². The number of carbonyl (C=O) groups is 1. The molecule has 1 heterocycles. The third-order valence-corrected chi connectivity index (χ3v) is 3.79. The van der Waals surface area contributed by atoms with E-state index in [1.54, 1.807) is 7.05 Å². The van der Waals surface area contributed by atoms with E-state index in [1.165, 1.54) is 0 Å². The van der Waals surface area contributed by atoms with Crippen molar-refractivity contribution in [3.05, 3.63) is 59.7 Å². The standard InChI is InChI=1S/C18H19NO3/c1-19-18(20)15-7-3-2-6-13(15)10-11-14-12-21-16-8-4-5-9-17(16)22-14/h2-9,14H,10-12H2,1H3,(H,19,20). The Hall–Kier alpha value is -2.49. The second-order valence-corrected chi connectivity index (χ2v) is 5.27. The minimum absolute atomic E-state index is 0.00708. The molecule has 0 radical (unpaired) electrons. The van der Waals surface area contributed by atoms with Crippen LogP contribution < -0.4 is 14.8 Å².